The summed E-state index contributed by atoms with van der Waals surface area (Å²) in [5, 5.41) is 12.3. The average molecular weight is 441 g/mol. The summed E-state index contributed by atoms with van der Waals surface area (Å²) in [6.45, 7) is 8.64. The first-order valence-corrected chi connectivity index (χ1v) is 11.1. The number of methoxy groups -OCH3 is 1. The molecule has 164 valence electrons. The zero-order chi connectivity index (χ0) is 22.4. The minimum atomic E-state index is -0.307. The van der Waals surface area contributed by atoms with E-state index in [9.17, 15) is 4.79 Å². The van der Waals surface area contributed by atoms with Gasteiger partial charge in [-0.15, -0.1) is 10.2 Å². The van der Waals surface area contributed by atoms with E-state index in [1.165, 1.54) is 17.3 Å². The second kappa shape index (κ2) is 10.3. The van der Waals surface area contributed by atoms with Gasteiger partial charge in [0.05, 0.1) is 12.9 Å². The Morgan fingerprint density at radius 3 is 2.65 bits per heavy atom. The van der Waals surface area contributed by atoms with E-state index in [4.69, 9.17) is 9.47 Å². The number of amides is 1. The first-order valence-electron chi connectivity index (χ1n) is 10.1. The van der Waals surface area contributed by atoms with E-state index in [1.807, 2.05) is 74.7 Å². The largest absolute Gasteiger partial charge is 0.497 e. The van der Waals surface area contributed by atoms with Crippen LogP contribution in [0.4, 0.5) is 5.69 Å². The van der Waals surface area contributed by atoms with Crippen LogP contribution < -0.4 is 14.8 Å². The lowest BCUT2D eigenvalue weighted by atomic mass is 10.1. The predicted octanol–water partition coefficient (Wildman–Crippen LogP) is 4.79. The second-order valence-electron chi connectivity index (χ2n) is 7.18. The van der Waals surface area contributed by atoms with E-state index < -0.39 is 0 Å². The number of carbonyl (C=O) groups is 1. The molecule has 0 fully saturated rings. The SMILES string of the molecule is CCn1c(SCC(=O)Nc2ccc(C)cc2C)nnc1C(C)Oc1cccc(OC)c1. The van der Waals surface area contributed by atoms with Crippen molar-refractivity contribution in [1.82, 2.24) is 14.8 Å². The molecule has 2 aromatic carbocycles. The Labute approximate surface area is 187 Å². The van der Waals surface area contributed by atoms with Gasteiger partial charge in [-0.1, -0.05) is 35.5 Å². The number of thioether (sulfide) groups is 1. The van der Waals surface area contributed by atoms with Crippen LogP contribution in [-0.2, 0) is 11.3 Å². The van der Waals surface area contributed by atoms with Crippen LogP contribution in [0.5, 0.6) is 11.5 Å². The van der Waals surface area contributed by atoms with Crippen molar-refractivity contribution in [3.63, 3.8) is 0 Å². The first-order chi connectivity index (χ1) is 14.9. The highest BCUT2D eigenvalue weighted by Gasteiger charge is 2.19. The summed E-state index contributed by atoms with van der Waals surface area (Å²) in [4.78, 5) is 12.4. The minimum absolute atomic E-state index is 0.0789. The molecule has 1 atom stereocenters. The van der Waals surface area contributed by atoms with E-state index in [0.29, 0.717) is 23.3 Å². The van der Waals surface area contributed by atoms with Gasteiger partial charge in [-0.25, -0.2) is 0 Å². The number of nitrogens with one attached hydrogen (secondary N) is 1. The van der Waals surface area contributed by atoms with E-state index in [0.717, 1.165) is 17.0 Å². The van der Waals surface area contributed by atoms with Crippen molar-refractivity contribution >= 4 is 23.4 Å². The molecular formula is C23H28N4O3S. The minimum Gasteiger partial charge on any atom is -0.497 e. The van der Waals surface area contributed by atoms with Crippen LogP contribution in [0, 0.1) is 13.8 Å². The zero-order valence-electron chi connectivity index (χ0n) is 18.5. The Hall–Kier alpha value is -3.00. The molecule has 0 aliphatic rings. The lowest BCUT2D eigenvalue weighted by Gasteiger charge is -2.16. The highest BCUT2D eigenvalue weighted by atomic mass is 32.2. The topological polar surface area (TPSA) is 78.3 Å². The monoisotopic (exact) mass is 440 g/mol. The Balaban J connectivity index is 1.64. The maximum Gasteiger partial charge on any atom is 0.234 e. The van der Waals surface area contributed by atoms with Crippen LogP contribution >= 0.6 is 11.8 Å². The van der Waals surface area contributed by atoms with Gasteiger partial charge < -0.3 is 19.4 Å². The summed E-state index contributed by atoms with van der Waals surface area (Å²) in [6, 6.07) is 13.4. The number of carbonyl (C=O) groups excluding carboxylic acids is 1. The van der Waals surface area contributed by atoms with Crippen LogP contribution in [-0.4, -0.2) is 33.5 Å². The highest BCUT2D eigenvalue weighted by molar-refractivity contribution is 7.99. The number of aromatic nitrogens is 3. The predicted molar refractivity (Wildman–Crippen MR) is 123 cm³/mol. The Morgan fingerprint density at radius 2 is 1.94 bits per heavy atom. The lowest BCUT2D eigenvalue weighted by Crippen LogP contribution is -2.16. The van der Waals surface area contributed by atoms with Crippen LogP contribution in [0.15, 0.2) is 47.6 Å². The molecule has 0 saturated heterocycles. The molecule has 1 heterocycles. The molecule has 0 aliphatic heterocycles. The van der Waals surface area contributed by atoms with Gasteiger partial charge in [0.2, 0.25) is 5.91 Å². The van der Waals surface area contributed by atoms with Gasteiger partial charge in [0.15, 0.2) is 17.1 Å². The molecule has 0 radical (unpaired) electrons. The van der Waals surface area contributed by atoms with Crippen LogP contribution in [0.25, 0.3) is 0 Å². The fourth-order valence-corrected chi connectivity index (χ4v) is 4.02. The molecular weight excluding hydrogens is 412 g/mol. The van der Waals surface area contributed by atoms with Gasteiger partial charge in [-0.2, -0.15) is 0 Å². The van der Waals surface area contributed by atoms with E-state index in [1.54, 1.807) is 7.11 Å². The van der Waals surface area contributed by atoms with E-state index in [2.05, 4.69) is 15.5 Å². The van der Waals surface area contributed by atoms with Crippen molar-refractivity contribution in [2.24, 2.45) is 0 Å². The number of nitrogens with zero attached hydrogens (tertiary/aromatic N) is 3. The third-order valence-electron chi connectivity index (χ3n) is 4.77. The molecule has 1 N–H and O–H groups in total. The van der Waals surface area contributed by atoms with Gasteiger partial charge in [-0.05, 0) is 51.5 Å². The molecule has 1 aromatic heterocycles. The van der Waals surface area contributed by atoms with E-state index >= 15 is 0 Å². The van der Waals surface area contributed by atoms with Gasteiger partial charge in [0, 0.05) is 18.3 Å². The fourth-order valence-electron chi connectivity index (χ4n) is 3.21. The third-order valence-corrected chi connectivity index (χ3v) is 5.73. The molecule has 1 unspecified atom stereocenters. The van der Waals surface area contributed by atoms with Crippen molar-refractivity contribution in [3.05, 3.63) is 59.4 Å². The number of ether oxygens (including phenoxy) is 2. The highest BCUT2D eigenvalue weighted by Crippen LogP contribution is 2.27. The summed E-state index contributed by atoms with van der Waals surface area (Å²) in [5.74, 6) is 2.30. The molecule has 0 spiro atoms. The van der Waals surface area contributed by atoms with Crippen molar-refractivity contribution in [1.29, 1.82) is 0 Å². The molecule has 31 heavy (non-hydrogen) atoms. The maximum absolute atomic E-state index is 12.4. The summed E-state index contributed by atoms with van der Waals surface area (Å²) in [6.07, 6.45) is -0.307. The fraction of sp³-hybridized carbons (Fsp3) is 0.348. The number of anilines is 1. The third kappa shape index (κ3) is 5.79. The normalized spacial score (nSPS) is 11.8. The van der Waals surface area contributed by atoms with E-state index in [-0.39, 0.29) is 17.8 Å². The van der Waals surface area contributed by atoms with Gasteiger partial charge in [0.25, 0.3) is 0 Å². The van der Waals surface area contributed by atoms with Crippen molar-refractivity contribution in [3.8, 4) is 11.5 Å². The van der Waals surface area contributed by atoms with Crippen molar-refractivity contribution < 1.29 is 14.3 Å². The van der Waals surface area contributed by atoms with Crippen molar-refractivity contribution in [2.75, 3.05) is 18.2 Å². The Morgan fingerprint density at radius 1 is 1.16 bits per heavy atom. The molecule has 1 amide bonds. The Kier molecular flexibility index (Phi) is 7.57. The smallest absolute Gasteiger partial charge is 0.234 e. The molecule has 0 aliphatic carbocycles. The number of hydrogen-bond donors (Lipinski definition) is 1. The summed E-state index contributed by atoms with van der Waals surface area (Å²) in [5.41, 5.74) is 3.04. The molecule has 3 aromatic rings. The molecule has 0 bridgehead atoms. The lowest BCUT2D eigenvalue weighted by molar-refractivity contribution is -0.113. The Bertz CT molecular complexity index is 1050. The quantitative estimate of drug-likeness (QED) is 0.482. The summed E-state index contributed by atoms with van der Waals surface area (Å²) < 4.78 is 13.3. The van der Waals surface area contributed by atoms with Crippen LogP contribution in [0.2, 0.25) is 0 Å². The zero-order valence-corrected chi connectivity index (χ0v) is 19.3. The van der Waals surface area contributed by atoms with Crippen LogP contribution in [0.1, 0.15) is 36.9 Å². The number of aryl methyl sites for hydroxylation is 2. The van der Waals surface area contributed by atoms with Gasteiger partial charge in [-0.3, -0.25) is 4.79 Å². The van der Waals surface area contributed by atoms with Crippen LogP contribution in [0.3, 0.4) is 0 Å². The number of rotatable bonds is 9. The molecule has 7 nitrogen and oxygen atoms in total. The molecule has 3 rings (SSSR count). The molecule has 0 saturated carbocycles. The molecule has 8 heteroatoms. The summed E-state index contributed by atoms with van der Waals surface area (Å²) in [7, 11) is 1.62. The standard InChI is InChI=1S/C23H28N4O3S/c1-6-27-22(17(4)30-19-9-7-8-18(13-19)29-5)25-26-23(27)31-14-21(28)24-20-11-10-15(2)12-16(20)3/h7-13,17H,6,14H2,1-5H3,(H,24,28). The maximum atomic E-state index is 12.4. The number of benzene rings is 2. The van der Waals surface area contributed by atoms with Gasteiger partial charge >= 0.3 is 0 Å². The van der Waals surface area contributed by atoms with Crippen molar-refractivity contribution in [2.45, 2.75) is 45.5 Å². The first kappa shape index (κ1) is 22.7. The second-order valence-corrected chi connectivity index (χ2v) is 8.12. The summed E-state index contributed by atoms with van der Waals surface area (Å²) >= 11 is 1.36. The van der Waals surface area contributed by atoms with Gasteiger partial charge in [0.1, 0.15) is 11.5 Å². The number of hydrogen-bond acceptors (Lipinski definition) is 6. The average Bonchev–Trinajstić information content (AvgIpc) is 3.17.